The van der Waals surface area contributed by atoms with Crippen molar-refractivity contribution in [3.8, 4) is 11.4 Å². The molecular formula is C14H19N3O. The van der Waals surface area contributed by atoms with Crippen molar-refractivity contribution < 1.29 is 4.74 Å². The van der Waals surface area contributed by atoms with Crippen molar-refractivity contribution in [2.75, 3.05) is 13.2 Å². The Morgan fingerprint density at radius 1 is 1.33 bits per heavy atom. The molecule has 0 saturated carbocycles. The minimum absolute atomic E-state index is 0.0339. The van der Waals surface area contributed by atoms with Crippen LogP contribution in [0.3, 0.4) is 0 Å². The molecule has 1 aromatic carbocycles. The molecule has 1 heterocycles. The van der Waals surface area contributed by atoms with E-state index in [1.807, 2.05) is 37.5 Å². The van der Waals surface area contributed by atoms with Crippen molar-refractivity contribution in [1.29, 1.82) is 0 Å². The molecule has 0 aliphatic carbocycles. The van der Waals surface area contributed by atoms with Crippen LogP contribution in [0, 0.1) is 0 Å². The maximum atomic E-state index is 5.71. The van der Waals surface area contributed by atoms with Crippen LogP contribution in [0.15, 0.2) is 42.7 Å². The summed E-state index contributed by atoms with van der Waals surface area (Å²) in [6.45, 7) is 3.90. The number of imidazole rings is 1. The van der Waals surface area contributed by atoms with Crippen LogP contribution < -0.4 is 5.73 Å². The van der Waals surface area contributed by atoms with Crippen molar-refractivity contribution in [2.45, 2.75) is 19.6 Å². The predicted octanol–water partition coefficient (Wildman–Crippen LogP) is 1.91. The van der Waals surface area contributed by atoms with E-state index in [4.69, 9.17) is 10.5 Å². The van der Waals surface area contributed by atoms with Gasteiger partial charge in [0, 0.05) is 31.1 Å². The summed E-state index contributed by atoms with van der Waals surface area (Å²) in [6.07, 6.45) is 3.80. The zero-order chi connectivity index (χ0) is 12.8. The average Bonchev–Trinajstić information content (AvgIpc) is 2.87. The van der Waals surface area contributed by atoms with Crippen molar-refractivity contribution in [2.24, 2.45) is 5.73 Å². The molecular weight excluding hydrogens is 226 g/mol. The number of aromatic nitrogens is 2. The summed E-state index contributed by atoms with van der Waals surface area (Å²) in [6, 6.07) is 10.1. The summed E-state index contributed by atoms with van der Waals surface area (Å²) in [7, 11) is 0. The first-order valence-corrected chi connectivity index (χ1v) is 6.23. The number of hydrogen-bond acceptors (Lipinski definition) is 3. The van der Waals surface area contributed by atoms with Gasteiger partial charge in [-0.3, -0.25) is 0 Å². The van der Waals surface area contributed by atoms with Gasteiger partial charge in [-0.1, -0.05) is 30.3 Å². The SMILES string of the molecule is CCOC(CN)Cn1ccnc1-c1ccccc1. The molecule has 4 nitrogen and oxygen atoms in total. The van der Waals surface area contributed by atoms with E-state index in [-0.39, 0.29) is 6.10 Å². The molecule has 2 N–H and O–H groups in total. The Balaban J connectivity index is 2.18. The van der Waals surface area contributed by atoms with E-state index in [0.717, 1.165) is 17.9 Å². The lowest BCUT2D eigenvalue weighted by atomic mass is 10.2. The number of nitrogens with zero attached hydrogens (tertiary/aromatic N) is 2. The highest BCUT2D eigenvalue weighted by atomic mass is 16.5. The molecule has 0 fully saturated rings. The van der Waals surface area contributed by atoms with E-state index in [1.165, 1.54) is 0 Å². The molecule has 1 atom stereocenters. The fourth-order valence-electron chi connectivity index (χ4n) is 1.95. The smallest absolute Gasteiger partial charge is 0.139 e. The summed E-state index contributed by atoms with van der Waals surface area (Å²) in [4.78, 5) is 4.40. The molecule has 1 aromatic heterocycles. The van der Waals surface area contributed by atoms with E-state index >= 15 is 0 Å². The summed E-state index contributed by atoms with van der Waals surface area (Å²) in [5, 5.41) is 0. The van der Waals surface area contributed by atoms with Gasteiger partial charge in [-0.25, -0.2) is 4.98 Å². The van der Waals surface area contributed by atoms with Crippen LogP contribution >= 0.6 is 0 Å². The van der Waals surface area contributed by atoms with Gasteiger partial charge in [0.15, 0.2) is 0 Å². The van der Waals surface area contributed by atoms with Gasteiger partial charge in [0.05, 0.1) is 12.6 Å². The van der Waals surface area contributed by atoms with Crippen LogP contribution in [-0.4, -0.2) is 28.8 Å². The summed E-state index contributed by atoms with van der Waals surface area (Å²) >= 11 is 0. The van der Waals surface area contributed by atoms with Crippen LogP contribution in [-0.2, 0) is 11.3 Å². The van der Waals surface area contributed by atoms with Gasteiger partial charge in [-0.05, 0) is 6.92 Å². The fourth-order valence-corrected chi connectivity index (χ4v) is 1.95. The lowest BCUT2D eigenvalue weighted by Crippen LogP contribution is -2.28. The van der Waals surface area contributed by atoms with Crippen LogP contribution in [0.1, 0.15) is 6.92 Å². The Kier molecular flexibility index (Phi) is 4.50. The minimum Gasteiger partial charge on any atom is -0.375 e. The Hall–Kier alpha value is -1.65. The molecule has 0 aliphatic rings. The molecule has 4 heteroatoms. The molecule has 0 bridgehead atoms. The maximum Gasteiger partial charge on any atom is 0.139 e. The van der Waals surface area contributed by atoms with E-state index in [1.54, 1.807) is 0 Å². The highest BCUT2D eigenvalue weighted by molar-refractivity contribution is 5.55. The minimum atomic E-state index is 0.0339. The quantitative estimate of drug-likeness (QED) is 0.846. The third-order valence-electron chi connectivity index (χ3n) is 2.81. The van der Waals surface area contributed by atoms with E-state index in [2.05, 4.69) is 21.7 Å². The predicted molar refractivity (Wildman–Crippen MR) is 72.1 cm³/mol. The second-order valence-corrected chi connectivity index (χ2v) is 4.08. The molecule has 1 unspecified atom stereocenters. The first-order chi connectivity index (χ1) is 8.85. The van der Waals surface area contributed by atoms with Gasteiger partial charge in [-0.15, -0.1) is 0 Å². The van der Waals surface area contributed by atoms with Crippen LogP contribution in [0.5, 0.6) is 0 Å². The standard InChI is InChI=1S/C14H19N3O/c1-2-18-13(10-15)11-17-9-8-16-14(17)12-6-4-3-5-7-12/h3-9,13H,2,10-11,15H2,1H3. The van der Waals surface area contributed by atoms with E-state index in [0.29, 0.717) is 13.2 Å². The zero-order valence-corrected chi connectivity index (χ0v) is 10.6. The second kappa shape index (κ2) is 6.33. The lowest BCUT2D eigenvalue weighted by molar-refractivity contribution is 0.0571. The third-order valence-corrected chi connectivity index (χ3v) is 2.81. The number of benzene rings is 1. The van der Waals surface area contributed by atoms with Crippen LogP contribution in [0.25, 0.3) is 11.4 Å². The fraction of sp³-hybridized carbons (Fsp3) is 0.357. The van der Waals surface area contributed by atoms with Crippen molar-refractivity contribution in [3.05, 3.63) is 42.7 Å². The molecule has 0 radical (unpaired) electrons. The van der Waals surface area contributed by atoms with E-state index in [9.17, 15) is 0 Å². The first kappa shape index (κ1) is 12.8. The normalized spacial score (nSPS) is 12.6. The molecule has 96 valence electrons. The number of nitrogens with two attached hydrogens (primary N) is 1. The van der Waals surface area contributed by atoms with Crippen molar-refractivity contribution in [1.82, 2.24) is 9.55 Å². The van der Waals surface area contributed by atoms with Gasteiger partial charge >= 0.3 is 0 Å². The van der Waals surface area contributed by atoms with Gasteiger partial charge in [0.2, 0.25) is 0 Å². The lowest BCUT2D eigenvalue weighted by Gasteiger charge is -2.17. The summed E-state index contributed by atoms with van der Waals surface area (Å²) in [5.41, 5.74) is 6.81. The van der Waals surface area contributed by atoms with Crippen LogP contribution in [0.2, 0.25) is 0 Å². The topological polar surface area (TPSA) is 53.1 Å². The Labute approximate surface area is 107 Å². The monoisotopic (exact) mass is 245 g/mol. The Bertz CT molecular complexity index is 467. The zero-order valence-electron chi connectivity index (χ0n) is 10.6. The number of hydrogen-bond donors (Lipinski definition) is 1. The third kappa shape index (κ3) is 2.97. The molecule has 2 aromatic rings. The average molecular weight is 245 g/mol. The highest BCUT2D eigenvalue weighted by Gasteiger charge is 2.11. The molecule has 18 heavy (non-hydrogen) atoms. The summed E-state index contributed by atoms with van der Waals surface area (Å²) < 4.78 is 7.67. The summed E-state index contributed by atoms with van der Waals surface area (Å²) in [5.74, 6) is 0.953. The Morgan fingerprint density at radius 3 is 2.78 bits per heavy atom. The maximum absolute atomic E-state index is 5.71. The van der Waals surface area contributed by atoms with Crippen LogP contribution in [0.4, 0.5) is 0 Å². The van der Waals surface area contributed by atoms with Gasteiger partial charge in [-0.2, -0.15) is 0 Å². The highest BCUT2D eigenvalue weighted by Crippen LogP contribution is 2.17. The van der Waals surface area contributed by atoms with Crippen molar-refractivity contribution in [3.63, 3.8) is 0 Å². The number of rotatable bonds is 6. The second-order valence-electron chi connectivity index (χ2n) is 4.08. The number of ether oxygens (including phenoxy) is 1. The largest absolute Gasteiger partial charge is 0.375 e. The van der Waals surface area contributed by atoms with Crippen molar-refractivity contribution >= 4 is 0 Å². The molecule has 0 spiro atoms. The first-order valence-electron chi connectivity index (χ1n) is 6.23. The van der Waals surface area contributed by atoms with Gasteiger partial charge in [0.25, 0.3) is 0 Å². The molecule has 2 rings (SSSR count). The van der Waals surface area contributed by atoms with Gasteiger partial charge < -0.3 is 15.0 Å². The Morgan fingerprint density at radius 2 is 2.11 bits per heavy atom. The molecule has 0 aliphatic heterocycles. The van der Waals surface area contributed by atoms with Gasteiger partial charge in [0.1, 0.15) is 5.82 Å². The molecule has 0 amide bonds. The molecule has 0 saturated heterocycles. The van der Waals surface area contributed by atoms with E-state index < -0.39 is 0 Å².